The molecule has 9 nitrogen and oxygen atoms in total. The van der Waals surface area contributed by atoms with Gasteiger partial charge in [-0.3, -0.25) is 4.79 Å². The van der Waals surface area contributed by atoms with Crippen LogP contribution in [0, 0.1) is 11.3 Å². The third-order valence-corrected chi connectivity index (χ3v) is 4.62. The van der Waals surface area contributed by atoms with Crippen LogP contribution in [0.15, 0.2) is 48.5 Å². The van der Waals surface area contributed by atoms with E-state index in [1.54, 1.807) is 18.2 Å². The maximum Gasteiger partial charge on any atom is 0.258 e. The second kappa shape index (κ2) is 10.1. The van der Waals surface area contributed by atoms with Crippen molar-refractivity contribution in [2.24, 2.45) is 0 Å². The highest BCUT2D eigenvalue weighted by molar-refractivity contribution is 5.78. The number of amides is 1. The Morgan fingerprint density at radius 1 is 1.12 bits per heavy atom. The van der Waals surface area contributed by atoms with Crippen LogP contribution in [-0.2, 0) is 4.79 Å². The number of nitrogens with two attached hydrogens (primary N) is 2. The highest BCUT2D eigenvalue weighted by atomic mass is 16.5. The van der Waals surface area contributed by atoms with Gasteiger partial charge >= 0.3 is 0 Å². The van der Waals surface area contributed by atoms with Gasteiger partial charge in [0.1, 0.15) is 17.5 Å². The number of nitrogens with one attached hydrogen (secondary N) is 1. The van der Waals surface area contributed by atoms with Gasteiger partial charge in [0.25, 0.3) is 5.91 Å². The van der Waals surface area contributed by atoms with Crippen LogP contribution in [0.5, 0.6) is 11.5 Å². The molecule has 3 aromatic rings. The van der Waals surface area contributed by atoms with Crippen molar-refractivity contribution in [2.75, 3.05) is 24.7 Å². The van der Waals surface area contributed by atoms with Gasteiger partial charge in [0, 0.05) is 5.56 Å². The molecule has 1 atom stereocenters. The first-order valence-electron chi connectivity index (χ1n) is 10.00. The highest BCUT2D eigenvalue weighted by Crippen LogP contribution is 2.34. The second-order valence-electron chi connectivity index (χ2n) is 6.89. The lowest BCUT2D eigenvalue weighted by Gasteiger charge is -2.16. The minimum absolute atomic E-state index is 0.00232. The summed E-state index contributed by atoms with van der Waals surface area (Å²) in [6, 6.07) is 16.5. The van der Waals surface area contributed by atoms with Gasteiger partial charge in [-0.05, 0) is 37.6 Å². The molecular weight excluding hydrogens is 408 g/mol. The van der Waals surface area contributed by atoms with E-state index in [4.69, 9.17) is 20.9 Å². The molecule has 0 fully saturated rings. The predicted octanol–water partition coefficient (Wildman–Crippen LogP) is 2.83. The van der Waals surface area contributed by atoms with Gasteiger partial charge < -0.3 is 26.3 Å². The Morgan fingerprint density at radius 2 is 1.88 bits per heavy atom. The lowest BCUT2D eigenvalue weighted by molar-refractivity contribution is -0.123. The zero-order chi connectivity index (χ0) is 23.1. The smallest absolute Gasteiger partial charge is 0.258 e. The maximum absolute atomic E-state index is 12.4. The molecule has 0 saturated heterocycles. The minimum atomic E-state index is -0.268. The number of rotatable bonds is 8. The van der Waals surface area contributed by atoms with E-state index >= 15 is 0 Å². The molecule has 1 unspecified atom stereocenters. The Balaban J connectivity index is 1.77. The van der Waals surface area contributed by atoms with E-state index in [0.717, 1.165) is 5.56 Å². The summed E-state index contributed by atoms with van der Waals surface area (Å²) >= 11 is 0. The molecule has 0 bridgehead atoms. The first kappa shape index (κ1) is 22.4. The van der Waals surface area contributed by atoms with Crippen LogP contribution < -0.4 is 26.3 Å². The molecular formula is C23H24N6O3. The summed E-state index contributed by atoms with van der Waals surface area (Å²) in [6.45, 7) is 3.91. The van der Waals surface area contributed by atoms with Crippen molar-refractivity contribution < 1.29 is 14.3 Å². The summed E-state index contributed by atoms with van der Waals surface area (Å²) in [5.74, 6) is 0.465. The molecule has 0 aliphatic rings. The summed E-state index contributed by atoms with van der Waals surface area (Å²) in [5.41, 5.74) is 13.5. The van der Waals surface area contributed by atoms with Crippen LogP contribution in [0.25, 0.3) is 11.3 Å². The van der Waals surface area contributed by atoms with Crippen LogP contribution in [0.4, 0.5) is 11.8 Å². The zero-order valence-electron chi connectivity index (χ0n) is 17.8. The van der Waals surface area contributed by atoms with Crippen LogP contribution in [0.3, 0.4) is 0 Å². The summed E-state index contributed by atoms with van der Waals surface area (Å²) in [5, 5.41) is 12.3. The minimum Gasteiger partial charge on any atom is -0.490 e. The molecule has 0 saturated carbocycles. The molecule has 3 rings (SSSR count). The molecule has 0 spiro atoms. The molecule has 1 aromatic heterocycles. The van der Waals surface area contributed by atoms with Crippen molar-refractivity contribution in [3.8, 4) is 28.8 Å². The lowest BCUT2D eigenvalue weighted by atomic mass is 10.1. The van der Waals surface area contributed by atoms with E-state index in [1.807, 2.05) is 50.2 Å². The maximum atomic E-state index is 12.4. The molecule has 2 aromatic carbocycles. The van der Waals surface area contributed by atoms with E-state index in [0.29, 0.717) is 29.4 Å². The van der Waals surface area contributed by atoms with Crippen molar-refractivity contribution in [1.82, 2.24) is 15.3 Å². The fourth-order valence-corrected chi connectivity index (χ4v) is 3.11. The van der Waals surface area contributed by atoms with E-state index in [2.05, 4.69) is 15.3 Å². The molecule has 0 radical (unpaired) electrons. The standard InChI is InChI=1S/C23H24N6O3/c1-3-31-19-11-16(21-17(12-24)22(25)29-23(26)28-21)9-10-18(19)32-13-20(30)27-14(2)15-7-5-4-6-8-15/h4-11,14H,3,13H2,1-2H3,(H,27,30)(H4,25,26,28,29). The predicted molar refractivity (Wildman–Crippen MR) is 121 cm³/mol. The number of carbonyl (C=O) groups is 1. The van der Waals surface area contributed by atoms with E-state index < -0.39 is 0 Å². The van der Waals surface area contributed by atoms with Gasteiger partial charge in [-0.2, -0.15) is 10.2 Å². The van der Waals surface area contributed by atoms with Crippen molar-refractivity contribution in [3.05, 3.63) is 59.7 Å². The number of hydrogen-bond donors (Lipinski definition) is 3. The fraction of sp³-hybridized carbons (Fsp3) is 0.217. The molecule has 9 heteroatoms. The number of carbonyl (C=O) groups excluding carboxylic acids is 1. The SMILES string of the molecule is CCOc1cc(-c2nc(N)nc(N)c2C#N)ccc1OCC(=O)NC(C)c1ccccc1. The van der Waals surface area contributed by atoms with Gasteiger partial charge in [0.15, 0.2) is 18.1 Å². The summed E-state index contributed by atoms with van der Waals surface area (Å²) < 4.78 is 11.4. The van der Waals surface area contributed by atoms with Gasteiger partial charge in [-0.1, -0.05) is 30.3 Å². The van der Waals surface area contributed by atoms with Crippen molar-refractivity contribution in [1.29, 1.82) is 5.26 Å². The van der Waals surface area contributed by atoms with Crippen LogP contribution in [0.2, 0.25) is 0 Å². The number of hydrogen-bond acceptors (Lipinski definition) is 8. The van der Waals surface area contributed by atoms with Crippen LogP contribution in [0.1, 0.15) is 31.0 Å². The van der Waals surface area contributed by atoms with Crippen molar-refractivity contribution in [2.45, 2.75) is 19.9 Å². The highest BCUT2D eigenvalue weighted by Gasteiger charge is 2.17. The number of ether oxygens (including phenoxy) is 2. The first-order chi connectivity index (χ1) is 15.4. The summed E-state index contributed by atoms with van der Waals surface area (Å²) in [6.07, 6.45) is 0. The second-order valence-corrected chi connectivity index (χ2v) is 6.89. The first-order valence-corrected chi connectivity index (χ1v) is 10.00. The van der Waals surface area contributed by atoms with Gasteiger partial charge in [-0.25, -0.2) is 4.98 Å². The Bertz CT molecular complexity index is 1140. The van der Waals surface area contributed by atoms with Crippen molar-refractivity contribution >= 4 is 17.7 Å². The monoisotopic (exact) mass is 432 g/mol. The topological polar surface area (TPSA) is 149 Å². The molecule has 1 heterocycles. The molecule has 0 aliphatic heterocycles. The number of nitrogen functional groups attached to an aromatic ring is 2. The summed E-state index contributed by atoms with van der Waals surface area (Å²) in [4.78, 5) is 20.3. The Labute approximate surface area is 186 Å². The lowest BCUT2D eigenvalue weighted by Crippen LogP contribution is -2.31. The van der Waals surface area contributed by atoms with Crippen LogP contribution >= 0.6 is 0 Å². The average molecular weight is 432 g/mol. The van der Waals surface area contributed by atoms with Crippen molar-refractivity contribution in [3.63, 3.8) is 0 Å². The largest absolute Gasteiger partial charge is 0.490 e. The van der Waals surface area contributed by atoms with Gasteiger partial charge in [0.2, 0.25) is 5.95 Å². The van der Waals surface area contributed by atoms with Crippen LogP contribution in [-0.4, -0.2) is 29.1 Å². The molecule has 0 aliphatic carbocycles. The van der Waals surface area contributed by atoms with E-state index in [-0.39, 0.29) is 35.9 Å². The average Bonchev–Trinajstić information content (AvgIpc) is 2.78. The van der Waals surface area contributed by atoms with Gasteiger partial charge in [-0.15, -0.1) is 0 Å². The number of nitriles is 1. The third-order valence-electron chi connectivity index (χ3n) is 4.62. The Kier molecular flexibility index (Phi) is 7.08. The number of aromatic nitrogens is 2. The van der Waals surface area contributed by atoms with Gasteiger partial charge in [0.05, 0.1) is 18.3 Å². The fourth-order valence-electron chi connectivity index (χ4n) is 3.11. The zero-order valence-corrected chi connectivity index (χ0v) is 17.8. The molecule has 32 heavy (non-hydrogen) atoms. The van der Waals surface area contributed by atoms with E-state index in [1.165, 1.54) is 0 Å². The molecule has 164 valence electrons. The number of nitrogens with zero attached hydrogens (tertiary/aromatic N) is 3. The summed E-state index contributed by atoms with van der Waals surface area (Å²) in [7, 11) is 0. The quantitative estimate of drug-likeness (QED) is 0.492. The van der Waals surface area contributed by atoms with E-state index in [9.17, 15) is 10.1 Å². The molecule has 5 N–H and O–H groups in total. The Hall–Kier alpha value is -4.32. The molecule has 1 amide bonds. The number of anilines is 2. The number of benzene rings is 2. The Morgan fingerprint density at radius 3 is 2.56 bits per heavy atom. The normalized spacial score (nSPS) is 11.3. The third kappa shape index (κ3) is 5.23.